The standard InChI is InChI=1S/C20H28Cl3NO3/c1-4-16-13-17(25-12-9-19(22)23)14-18(21)20(16)26-10-7-5-6-8-11-27-24-15(2)3/h9,13-14H,4-8,10-12H2,1-3H3. The van der Waals surface area contributed by atoms with E-state index >= 15 is 0 Å². The van der Waals surface area contributed by atoms with Crippen molar-refractivity contribution in [2.24, 2.45) is 5.16 Å². The molecule has 0 saturated heterocycles. The van der Waals surface area contributed by atoms with Gasteiger partial charge in [-0.2, -0.15) is 0 Å². The van der Waals surface area contributed by atoms with E-state index < -0.39 is 0 Å². The van der Waals surface area contributed by atoms with Gasteiger partial charge in [0.25, 0.3) is 0 Å². The third-order valence-corrected chi connectivity index (χ3v) is 4.18. The Labute approximate surface area is 177 Å². The number of halogens is 3. The number of benzene rings is 1. The average Bonchev–Trinajstić information content (AvgIpc) is 2.60. The Morgan fingerprint density at radius 2 is 1.74 bits per heavy atom. The number of hydrogen-bond acceptors (Lipinski definition) is 4. The van der Waals surface area contributed by atoms with Crippen molar-refractivity contribution in [2.45, 2.75) is 52.9 Å². The summed E-state index contributed by atoms with van der Waals surface area (Å²) < 4.78 is 11.7. The normalized spacial score (nSPS) is 10.3. The van der Waals surface area contributed by atoms with Crippen molar-refractivity contribution in [2.75, 3.05) is 19.8 Å². The highest BCUT2D eigenvalue weighted by molar-refractivity contribution is 6.55. The van der Waals surface area contributed by atoms with E-state index in [9.17, 15) is 0 Å². The van der Waals surface area contributed by atoms with Crippen LogP contribution in [0.25, 0.3) is 0 Å². The minimum absolute atomic E-state index is 0.177. The molecule has 0 aliphatic heterocycles. The Bertz CT molecular complexity index is 625. The van der Waals surface area contributed by atoms with Crippen LogP contribution in [0.4, 0.5) is 0 Å². The van der Waals surface area contributed by atoms with Crippen molar-refractivity contribution in [1.82, 2.24) is 0 Å². The van der Waals surface area contributed by atoms with E-state index in [2.05, 4.69) is 12.1 Å². The molecule has 0 aromatic heterocycles. The predicted octanol–water partition coefficient (Wildman–Crippen LogP) is 6.95. The minimum Gasteiger partial charge on any atom is -0.492 e. The summed E-state index contributed by atoms with van der Waals surface area (Å²) in [5, 5.41) is 4.46. The molecule has 7 heteroatoms. The fourth-order valence-electron chi connectivity index (χ4n) is 2.30. The SMILES string of the molecule is CCc1cc(OCC=C(Cl)Cl)cc(Cl)c1OCCCCCCON=C(C)C. The Kier molecular flexibility index (Phi) is 12.4. The molecule has 0 unspecified atom stereocenters. The summed E-state index contributed by atoms with van der Waals surface area (Å²) in [6, 6.07) is 3.68. The van der Waals surface area contributed by atoms with Crippen LogP contribution in [0.1, 0.15) is 52.0 Å². The first-order valence-corrected chi connectivity index (χ1v) is 10.3. The summed E-state index contributed by atoms with van der Waals surface area (Å²) >= 11 is 17.5. The van der Waals surface area contributed by atoms with Crippen LogP contribution in [0.3, 0.4) is 0 Å². The van der Waals surface area contributed by atoms with Gasteiger partial charge in [-0.05, 0) is 63.7 Å². The third-order valence-electron chi connectivity index (χ3n) is 3.59. The van der Waals surface area contributed by atoms with Crippen LogP contribution in [0, 0.1) is 0 Å². The summed E-state index contributed by atoms with van der Waals surface area (Å²) in [5.41, 5.74) is 1.95. The lowest BCUT2D eigenvalue weighted by atomic mass is 10.1. The van der Waals surface area contributed by atoms with Crippen molar-refractivity contribution >= 4 is 40.5 Å². The average molecular weight is 437 g/mol. The molecule has 0 atom stereocenters. The van der Waals surface area contributed by atoms with Gasteiger partial charge in [0.05, 0.1) is 17.3 Å². The second-order valence-corrected chi connectivity index (χ2v) is 7.60. The van der Waals surface area contributed by atoms with Gasteiger partial charge in [0.15, 0.2) is 0 Å². The maximum absolute atomic E-state index is 6.38. The molecule has 1 aromatic rings. The third kappa shape index (κ3) is 10.7. The fraction of sp³-hybridized carbons (Fsp3) is 0.550. The van der Waals surface area contributed by atoms with E-state index in [0.717, 1.165) is 49.1 Å². The van der Waals surface area contributed by atoms with Crippen LogP contribution < -0.4 is 9.47 Å². The number of ether oxygens (including phenoxy) is 2. The second-order valence-electron chi connectivity index (χ2n) is 6.19. The Morgan fingerprint density at radius 3 is 2.37 bits per heavy atom. The summed E-state index contributed by atoms with van der Waals surface area (Å²) in [6.07, 6.45) is 6.49. The summed E-state index contributed by atoms with van der Waals surface area (Å²) in [4.78, 5) is 5.18. The minimum atomic E-state index is 0.177. The Morgan fingerprint density at radius 1 is 1.04 bits per heavy atom. The zero-order chi connectivity index (χ0) is 20.1. The van der Waals surface area contributed by atoms with Gasteiger partial charge in [-0.1, -0.05) is 46.9 Å². The lowest BCUT2D eigenvalue weighted by molar-refractivity contribution is 0.139. The monoisotopic (exact) mass is 435 g/mol. The van der Waals surface area contributed by atoms with E-state index in [1.54, 1.807) is 12.1 Å². The first-order chi connectivity index (χ1) is 12.9. The summed E-state index contributed by atoms with van der Waals surface area (Å²) in [7, 11) is 0. The van der Waals surface area contributed by atoms with Gasteiger partial charge < -0.3 is 14.3 Å². The molecular weight excluding hydrogens is 409 g/mol. The van der Waals surface area contributed by atoms with E-state index in [4.69, 9.17) is 49.1 Å². The molecule has 0 spiro atoms. The Balaban J connectivity index is 2.39. The zero-order valence-electron chi connectivity index (χ0n) is 16.2. The lowest BCUT2D eigenvalue weighted by Gasteiger charge is -2.14. The number of hydrogen-bond donors (Lipinski definition) is 0. The van der Waals surface area contributed by atoms with Crippen LogP contribution in [-0.2, 0) is 11.3 Å². The highest BCUT2D eigenvalue weighted by Crippen LogP contribution is 2.34. The molecule has 0 heterocycles. The first kappa shape index (κ1) is 23.9. The van der Waals surface area contributed by atoms with Crippen LogP contribution in [-0.4, -0.2) is 25.5 Å². The molecule has 1 aromatic carbocycles. The molecule has 0 N–H and O–H groups in total. The molecule has 27 heavy (non-hydrogen) atoms. The molecule has 0 fully saturated rings. The molecule has 0 aliphatic carbocycles. The molecule has 0 radical (unpaired) electrons. The van der Waals surface area contributed by atoms with Crippen molar-refractivity contribution < 1.29 is 14.3 Å². The quantitative estimate of drug-likeness (QED) is 0.191. The molecule has 152 valence electrons. The number of aryl methyl sites for hydroxylation is 1. The van der Waals surface area contributed by atoms with E-state index in [1.807, 2.05) is 19.9 Å². The lowest BCUT2D eigenvalue weighted by Crippen LogP contribution is -2.02. The number of nitrogens with zero attached hydrogens (tertiary/aromatic N) is 1. The predicted molar refractivity (Wildman–Crippen MR) is 115 cm³/mol. The smallest absolute Gasteiger partial charge is 0.141 e. The van der Waals surface area contributed by atoms with Crippen molar-refractivity contribution in [1.29, 1.82) is 0 Å². The van der Waals surface area contributed by atoms with Gasteiger partial charge in [-0.25, -0.2) is 0 Å². The highest BCUT2D eigenvalue weighted by Gasteiger charge is 2.11. The van der Waals surface area contributed by atoms with Gasteiger partial charge in [0.1, 0.15) is 29.2 Å². The van der Waals surface area contributed by atoms with Crippen molar-refractivity contribution in [3.05, 3.63) is 33.3 Å². The van der Waals surface area contributed by atoms with Gasteiger partial charge >= 0.3 is 0 Å². The zero-order valence-corrected chi connectivity index (χ0v) is 18.5. The molecule has 0 bridgehead atoms. The summed E-state index contributed by atoms with van der Waals surface area (Å²) in [5.74, 6) is 1.40. The fourth-order valence-corrected chi connectivity index (χ4v) is 2.71. The van der Waals surface area contributed by atoms with Gasteiger partial charge in [-0.3, -0.25) is 0 Å². The maximum atomic E-state index is 6.38. The van der Waals surface area contributed by atoms with Crippen LogP contribution in [0.5, 0.6) is 11.5 Å². The number of oxime groups is 1. The number of rotatable bonds is 13. The van der Waals surface area contributed by atoms with E-state index in [0.29, 0.717) is 24.0 Å². The molecule has 0 saturated carbocycles. The van der Waals surface area contributed by atoms with Crippen LogP contribution in [0.2, 0.25) is 5.02 Å². The van der Waals surface area contributed by atoms with Crippen LogP contribution >= 0.6 is 34.8 Å². The molecular formula is C20H28Cl3NO3. The first-order valence-electron chi connectivity index (χ1n) is 9.16. The molecule has 1 rings (SSSR count). The second kappa shape index (κ2) is 14.0. The van der Waals surface area contributed by atoms with E-state index in [1.165, 1.54) is 0 Å². The van der Waals surface area contributed by atoms with Gasteiger partial charge in [0, 0.05) is 6.07 Å². The maximum Gasteiger partial charge on any atom is 0.141 e. The molecule has 0 aliphatic rings. The van der Waals surface area contributed by atoms with Crippen molar-refractivity contribution in [3.63, 3.8) is 0 Å². The summed E-state index contributed by atoms with van der Waals surface area (Å²) in [6.45, 7) is 7.46. The van der Waals surface area contributed by atoms with Gasteiger partial charge in [0.2, 0.25) is 0 Å². The number of unbranched alkanes of at least 4 members (excludes halogenated alkanes) is 3. The van der Waals surface area contributed by atoms with Crippen LogP contribution in [0.15, 0.2) is 27.9 Å². The van der Waals surface area contributed by atoms with Crippen molar-refractivity contribution in [3.8, 4) is 11.5 Å². The van der Waals surface area contributed by atoms with E-state index in [-0.39, 0.29) is 11.1 Å². The highest BCUT2D eigenvalue weighted by atomic mass is 35.5. The molecule has 4 nitrogen and oxygen atoms in total. The topological polar surface area (TPSA) is 40.0 Å². The molecule has 0 amide bonds. The largest absolute Gasteiger partial charge is 0.492 e. The Hall–Kier alpha value is -1.10. The van der Waals surface area contributed by atoms with Gasteiger partial charge in [-0.15, -0.1) is 0 Å².